The van der Waals surface area contributed by atoms with Gasteiger partial charge in [-0.3, -0.25) is 4.79 Å². The Morgan fingerprint density at radius 2 is 1.58 bits per heavy atom. The van der Waals surface area contributed by atoms with Gasteiger partial charge in [0.15, 0.2) is 6.54 Å². The highest BCUT2D eigenvalue weighted by Crippen LogP contribution is 2.32. The first kappa shape index (κ1) is 20.1. The van der Waals surface area contributed by atoms with E-state index in [9.17, 15) is 9.18 Å². The van der Waals surface area contributed by atoms with Gasteiger partial charge in [0.1, 0.15) is 12.4 Å². The second-order valence-corrected chi connectivity index (χ2v) is 7.57. The van der Waals surface area contributed by atoms with Crippen molar-refractivity contribution in [3.05, 3.63) is 65.0 Å². The molecule has 0 aliphatic rings. The number of benzene rings is 2. The molecule has 0 aromatic heterocycles. The van der Waals surface area contributed by atoms with Crippen LogP contribution in [0.15, 0.2) is 42.5 Å². The molecule has 0 aliphatic heterocycles. The first-order valence-corrected chi connectivity index (χ1v) is 9.27. The lowest BCUT2D eigenvalue weighted by Crippen LogP contribution is -3.08. The zero-order valence-corrected chi connectivity index (χ0v) is 16.4. The summed E-state index contributed by atoms with van der Waals surface area (Å²) in [6.07, 6.45) is 0. The van der Waals surface area contributed by atoms with Gasteiger partial charge in [-0.1, -0.05) is 64.1 Å². The molecule has 1 unspecified atom stereocenters. The number of rotatable bonds is 7. The van der Waals surface area contributed by atoms with Crippen molar-refractivity contribution >= 4 is 11.6 Å². The van der Waals surface area contributed by atoms with Gasteiger partial charge in [0.05, 0.1) is 7.05 Å². The fourth-order valence-electron chi connectivity index (χ4n) is 3.18. The van der Waals surface area contributed by atoms with Crippen molar-refractivity contribution in [2.75, 3.05) is 18.9 Å². The Labute approximate surface area is 156 Å². The second kappa shape index (κ2) is 8.95. The first-order chi connectivity index (χ1) is 12.3. The van der Waals surface area contributed by atoms with E-state index in [2.05, 4.69) is 51.2 Å². The largest absolute Gasteiger partial charge is 0.326 e. The molecule has 0 heterocycles. The van der Waals surface area contributed by atoms with Crippen LogP contribution in [0.3, 0.4) is 0 Å². The molecule has 3 nitrogen and oxygen atoms in total. The van der Waals surface area contributed by atoms with Crippen LogP contribution in [0, 0.1) is 5.82 Å². The lowest BCUT2D eigenvalue weighted by molar-refractivity contribution is -0.885. The molecule has 0 saturated carbocycles. The van der Waals surface area contributed by atoms with Crippen molar-refractivity contribution in [2.24, 2.45) is 0 Å². The van der Waals surface area contributed by atoms with Gasteiger partial charge in [0.25, 0.3) is 5.91 Å². The van der Waals surface area contributed by atoms with Gasteiger partial charge in [0.2, 0.25) is 0 Å². The van der Waals surface area contributed by atoms with Crippen LogP contribution in [0.25, 0.3) is 0 Å². The van der Waals surface area contributed by atoms with Crippen molar-refractivity contribution in [1.82, 2.24) is 0 Å². The Bertz CT molecular complexity index is 729. The van der Waals surface area contributed by atoms with E-state index >= 15 is 0 Å². The maximum Gasteiger partial charge on any atom is 0.279 e. The summed E-state index contributed by atoms with van der Waals surface area (Å²) in [4.78, 5) is 13.6. The summed E-state index contributed by atoms with van der Waals surface area (Å²) in [5.41, 5.74) is 3.86. The topological polar surface area (TPSA) is 33.5 Å². The molecule has 0 bridgehead atoms. The van der Waals surface area contributed by atoms with Crippen LogP contribution >= 0.6 is 0 Å². The minimum Gasteiger partial charge on any atom is -0.326 e. The predicted octanol–water partition coefficient (Wildman–Crippen LogP) is 3.73. The highest BCUT2D eigenvalue weighted by Gasteiger charge is 2.18. The number of para-hydroxylation sites is 1. The van der Waals surface area contributed by atoms with Crippen LogP contribution in [0.2, 0.25) is 0 Å². The number of hydrogen-bond donors (Lipinski definition) is 2. The molecule has 1 amide bonds. The standard InChI is InChI=1S/C22H29FN2O/c1-15(2)18-10-8-11-19(16(3)4)22(18)24-21(26)14-25(5)13-17-9-6-7-12-20(17)23/h6-12,15-16H,13-14H2,1-5H3,(H,24,26)/p+1. The number of likely N-dealkylation sites (N-methyl/N-ethyl adjacent to an activating group) is 1. The third-order valence-corrected chi connectivity index (χ3v) is 4.55. The van der Waals surface area contributed by atoms with Gasteiger partial charge in [-0.15, -0.1) is 0 Å². The fourth-order valence-corrected chi connectivity index (χ4v) is 3.18. The van der Waals surface area contributed by atoms with E-state index in [0.29, 0.717) is 23.9 Å². The lowest BCUT2D eigenvalue weighted by atomic mass is 9.92. The number of anilines is 1. The number of carbonyl (C=O) groups is 1. The molecule has 2 aromatic carbocycles. The summed E-state index contributed by atoms with van der Waals surface area (Å²) in [5.74, 6) is 0.383. The highest BCUT2D eigenvalue weighted by atomic mass is 19.1. The molecule has 0 radical (unpaired) electrons. The number of halogens is 1. The van der Waals surface area contributed by atoms with Crippen LogP contribution in [0.5, 0.6) is 0 Å². The molecule has 0 spiro atoms. The number of amides is 1. The number of quaternary nitrogens is 1. The maximum atomic E-state index is 13.8. The van der Waals surface area contributed by atoms with E-state index < -0.39 is 0 Å². The maximum absolute atomic E-state index is 13.8. The van der Waals surface area contributed by atoms with E-state index in [4.69, 9.17) is 0 Å². The number of hydrogen-bond acceptors (Lipinski definition) is 1. The van der Waals surface area contributed by atoms with E-state index in [1.165, 1.54) is 6.07 Å². The van der Waals surface area contributed by atoms with Crippen molar-refractivity contribution in [3.63, 3.8) is 0 Å². The van der Waals surface area contributed by atoms with Crippen molar-refractivity contribution in [3.8, 4) is 0 Å². The van der Waals surface area contributed by atoms with Gasteiger partial charge >= 0.3 is 0 Å². The van der Waals surface area contributed by atoms with Gasteiger partial charge < -0.3 is 10.2 Å². The summed E-state index contributed by atoms with van der Waals surface area (Å²) < 4.78 is 13.8. The van der Waals surface area contributed by atoms with Crippen molar-refractivity contribution in [1.29, 1.82) is 0 Å². The van der Waals surface area contributed by atoms with E-state index in [1.807, 2.05) is 13.1 Å². The molecule has 2 rings (SSSR count). The fraction of sp³-hybridized carbons (Fsp3) is 0.409. The zero-order valence-electron chi connectivity index (χ0n) is 16.4. The van der Waals surface area contributed by atoms with Crippen LogP contribution in [0.1, 0.15) is 56.2 Å². The Balaban J connectivity index is 2.11. The van der Waals surface area contributed by atoms with E-state index in [0.717, 1.165) is 21.7 Å². The molecular weight excluding hydrogens is 327 g/mol. The van der Waals surface area contributed by atoms with Gasteiger partial charge in [-0.2, -0.15) is 0 Å². The van der Waals surface area contributed by atoms with Crippen molar-refractivity contribution < 1.29 is 14.1 Å². The summed E-state index contributed by atoms with van der Waals surface area (Å²) >= 11 is 0. The quantitative estimate of drug-likeness (QED) is 0.778. The first-order valence-electron chi connectivity index (χ1n) is 9.27. The molecule has 2 N–H and O–H groups in total. The molecular formula is C22H30FN2O+. The van der Waals surface area contributed by atoms with Crippen LogP contribution in [0.4, 0.5) is 10.1 Å². The van der Waals surface area contributed by atoms with Gasteiger partial charge in [0, 0.05) is 11.3 Å². The highest BCUT2D eigenvalue weighted by molar-refractivity contribution is 5.93. The minimum absolute atomic E-state index is 0.0474. The Morgan fingerprint density at radius 1 is 1.00 bits per heavy atom. The zero-order chi connectivity index (χ0) is 19.3. The molecule has 140 valence electrons. The predicted molar refractivity (Wildman–Crippen MR) is 105 cm³/mol. The lowest BCUT2D eigenvalue weighted by Gasteiger charge is -2.21. The molecule has 4 heteroatoms. The summed E-state index contributed by atoms with van der Waals surface area (Å²) in [5, 5.41) is 3.12. The Kier molecular flexibility index (Phi) is 6.92. The third-order valence-electron chi connectivity index (χ3n) is 4.55. The average Bonchev–Trinajstić information content (AvgIpc) is 2.56. The summed E-state index contributed by atoms with van der Waals surface area (Å²) in [6.45, 7) is 9.28. The molecule has 0 saturated heterocycles. The van der Waals surface area contributed by atoms with E-state index in [1.54, 1.807) is 12.1 Å². The molecule has 0 fully saturated rings. The van der Waals surface area contributed by atoms with E-state index in [-0.39, 0.29) is 18.3 Å². The smallest absolute Gasteiger partial charge is 0.279 e. The monoisotopic (exact) mass is 357 g/mol. The molecule has 2 aromatic rings. The average molecular weight is 357 g/mol. The summed E-state index contributed by atoms with van der Waals surface area (Å²) in [6, 6.07) is 12.9. The van der Waals surface area contributed by atoms with Gasteiger partial charge in [-0.05, 0) is 29.0 Å². The third kappa shape index (κ3) is 5.15. The number of nitrogens with one attached hydrogen (secondary N) is 2. The van der Waals surface area contributed by atoms with Crippen LogP contribution in [-0.4, -0.2) is 19.5 Å². The molecule has 26 heavy (non-hydrogen) atoms. The Hall–Kier alpha value is -2.20. The van der Waals surface area contributed by atoms with Gasteiger partial charge in [-0.25, -0.2) is 4.39 Å². The molecule has 1 atom stereocenters. The Morgan fingerprint density at radius 3 is 2.12 bits per heavy atom. The minimum atomic E-state index is -0.223. The number of carbonyl (C=O) groups excluding carboxylic acids is 1. The SMILES string of the molecule is CC(C)c1cccc(C(C)C)c1NC(=O)C[NH+](C)Cc1ccccc1F. The molecule has 0 aliphatic carbocycles. The normalized spacial score (nSPS) is 12.5. The van der Waals surface area contributed by atoms with Crippen molar-refractivity contribution in [2.45, 2.75) is 46.1 Å². The van der Waals surface area contributed by atoms with Crippen LogP contribution in [-0.2, 0) is 11.3 Å². The summed E-state index contributed by atoms with van der Waals surface area (Å²) in [7, 11) is 1.91. The second-order valence-electron chi connectivity index (χ2n) is 7.57. The van der Waals surface area contributed by atoms with Crippen LogP contribution < -0.4 is 10.2 Å².